The average Bonchev–Trinajstić information content (AvgIpc) is 2.08. The van der Waals surface area contributed by atoms with Crippen molar-refractivity contribution in [3.8, 4) is 0 Å². The van der Waals surface area contributed by atoms with Gasteiger partial charge in [0.2, 0.25) is 0 Å². The molecule has 2 N–H and O–H groups in total. The van der Waals surface area contributed by atoms with Crippen molar-refractivity contribution in [2.45, 2.75) is 23.7 Å². The summed E-state index contributed by atoms with van der Waals surface area (Å²) in [6.07, 6.45) is -0.0382. The molecular formula is C10H10F3NOS. The monoisotopic (exact) mass is 249 g/mol. The number of nitrogen functional groups attached to an aromatic ring is 1. The molecule has 1 rings (SSSR count). The SMILES string of the molecule is CC(=O)Cc1cccc(N)c1SC(F)(F)F. The molecule has 0 heterocycles. The summed E-state index contributed by atoms with van der Waals surface area (Å²) in [6.45, 7) is 1.32. The minimum absolute atomic E-state index is 0.0382. The zero-order valence-electron chi connectivity index (χ0n) is 8.47. The summed E-state index contributed by atoms with van der Waals surface area (Å²) in [4.78, 5) is 10.8. The first-order valence-corrected chi connectivity index (χ1v) is 5.24. The zero-order chi connectivity index (χ0) is 12.3. The van der Waals surface area contributed by atoms with Crippen molar-refractivity contribution in [2.75, 3.05) is 5.73 Å². The van der Waals surface area contributed by atoms with E-state index >= 15 is 0 Å². The number of carbonyl (C=O) groups is 1. The van der Waals surface area contributed by atoms with Gasteiger partial charge in [-0.25, -0.2) is 0 Å². The Balaban J connectivity index is 3.08. The predicted octanol–water partition coefficient (Wildman–Crippen LogP) is 3.01. The molecule has 0 aliphatic heterocycles. The second-order valence-electron chi connectivity index (χ2n) is 3.26. The number of hydrogen-bond acceptors (Lipinski definition) is 3. The van der Waals surface area contributed by atoms with Gasteiger partial charge in [0.05, 0.1) is 0 Å². The second kappa shape index (κ2) is 4.78. The molecule has 88 valence electrons. The molecule has 2 nitrogen and oxygen atoms in total. The van der Waals surface area contributed by atoms with Crippen molar-refractivity contribution >= 4 is 23.2 Å². The van der Waals surface area contributed by atoms with Gasteiger partial charge in [-0.2, -0.15) is 13.2 Å². The van der Waals surface area contributed by atoms with Gasteiger partial charge in [0, 0.05) is 17.0 Å². The highest BCUT2D eigenvalue weighted by Crippen LogP contribution is 2.41. The number of carbonyl (C=O) groups excluding carboxylic acids is 1. The molecule has 0 bridgehead atoms. The second-order valence-corrected chi connectivity index (χ2v) is 4.34. The molecule has 1 aromatic rings. The summed E-state index contributed by atoms with van der Waals surface area (Å²) in [5.41, 5.74) is 1.43. The van der Waals surface area contributed by atoms with Crippen LogP contribution in [0.3, 0.4) is 0 Å². The van der Waals surface area contributed by atoms with Gasteiger partial charge < -0.3 is 5.73 Å². The normalized spacial score (nSPS) is 11.5. The lowest BCUT2D eigenvalue weighted by atomic mass is 10.1. The molecule has 0 aliphatic rings. The highest BCUT2D eigenvalue weighted by Gasteiger charge is 2.31. The largest absolute Gasteiger partial charge is 0.446 e. The van der Waals surface area contributed by atoms with Crippen LogP contribution in [0.15, 0.2) is 23.1 Å². The lowest BCUT2D eigenvalue weighted by Gasteiger charge is -2.12. The Hall–Kier alpha value is -1.17. The first-order chi connectivity index (χ1) is 7.29. The smallest absolute Gasteiger partial charge is 0.398 e. The van der Waals surface area contributed by atoms with E-state index in [0.717, 1.165) is 0 Å². The number of Topliss-reactive ketones (excluding diaryl/α,β-unsaturated/α-hetero) is 1. The first-order valence-electron chi connectivity index (χ1n) is 4.42. The van der Waals surface area contributed by atoms with Crippen molar-refractivity contribution in [2.24, 2.45) is 0 Å². The number of anilines is 1. The van der Waals surface area contributed by atoms with E-state index in [2.05, 4.69) is 0 Å². The fourth-order valence-electron chi connectivity index (χ4n) is 1.25. The Bertz CT molecular complexity index is 404. The van der Waals surface area contributed by atoms with Crippen LogP contribution >= 0.6 is 11.8 Å². The van der Waals surface area contributed by atoms with Crippen LogP contribution in [0.1, 0.15) is 12.5 Å². The fraction of sp³-hybridized carbons (Fsp3) is 0.300. The molecular weight excluding hydrogens is 239 g/mol. The molecule has 0 saturated carbocycles. The number of benzene rings is 1. The molecule has 0 fully saturated rings. The maximum atomic E-state index is 12.3. The molecule has 0 unspecified atom stereocenters. The Morgan fingerprint density at radius 1 is 1.44 bits per heavy atom. The Morgan fingerprint density at radius 3 is 2.56 bits per heavy atom. The van der Waals surface area contributed by atoms with Crippen LogP contribution in [0.5, 0.6) is 0 Å². The van der Waals surface area contributed by atoms with E-state index in [9.17, 15) is 18.0 Å². The summed E-state index contributed by atoms with van der Waals surface area (Å²) >= 11 is -0.281. The average molecular weight is 249 g/mol. The molecule has 0 aromatic heterocycles. The van der Waals surface area contributed by atoms with Crippen molar-refractivity contribution in [3.63, 3.8) is 0 Å². The number of rotatable bonds is 3. The third-order valence-electron chi connectivity index (χ3n) is 1.78. The van der Waals surface area contributed by atoms with Gasteiger partial charge >= 0.3 is 5.51 Å². The standard InChI is InChI=1S/C10H10F3NOS/c1-6(15)5-7-3-2-4-8(14)9(7)16-10(11,12)13/h2-4H,5,14H2,1H3. The van der Waals surface area contributed by atoms with Crippen LogP contribution in [0.25, 0.3) is 0 Å². The fourth-order valence-corrected chi connectivity index (χ4v) is 1.94. The summed E-state index contributed by atoms with van der Waals surface area (Å²) in [5.74, 6) is -0.199. The lowest BCUT2D eigenvalue weighted by Crippen LogP contribution is -2.06. The van der Waals surface area contributed by atoms with E-state index in [1.807, 2.05) is 0 Å². The molecule has 0 amide bonds. The van der Waals surface area contributed by atoms with Crippen LogP contribution in [-0.2, 0) is 11.2 Å². The van der Waals surface area contributed by atoms with E-state index in [-0.39, 0.29) is 34.5 Å². The van der Waals surface area contributed by atoms with Crippen molar-refractivity contribution in [3.05, 3.63) is 23.8 Å². The number of halogens is 3. The van der Waals surface area contributed by atoms with Gasteiger partial charge in [-0.15, -0.1) is 0 Å². The number of thioether (sulfide) groups is 1. The Labute approximate surface area is 95.0 Å². The molecule has 1 aromatic carbocycles. The lowest BCUT2D eigenvalue weighted by molar-refractivity contribution is -0.116. The van der Waals surface area contributed by atoms with Crippen molar-refractivity contribution < 1.29 is 18.0 Å². The van der Waals surface area contributed by atoms with Crippen molar-refractivity contribution in [1.82, 2.24) is 0 Å². The molecule has 0 spiro atoms. The molecule has 0 atom stereocenters. The van der Waals surface area contributed by atoms with Gasteiger partial charge in [0.1, 0.15) is 5.78 Å². The Kier molecular flexibility index (Phi) is 3.85. The van der Waals surface area contributed by atoms with Crippen LogP contribution in [0.2, 0.25) is 0 Å². The topological polar surface area (TPSA) is 43.1 Å². The van der Waals surface area contributed by atoms with Gasteiger partial charge in [-0.1, -0.05) is 12.1 Å². The quantitative estimate of drug-likeness (QED) is 0.661. The van der Waals surface area contributed by atoms with E-state index in [1.165, 1.54) is 25.1 Å². The van der Waals surface area contributed by atoms with Gasteiger partial charge in [-0.3, -0.25) is 4.79 Å². The predicted molar refractivity (Wildman–Crippen MR) is 57.2 cm³/mol. The number of hydrogen-bond donors (Lipinski definition) is 1. The molecule has 6 heteroatoms. The third kappa shape index (κ3) is 3.77. The molecule has 16 heavy (non-hydrogen) atoms. The number of ketones is 1. The maximum absolute atomic E-state index is 12.3. The van der Waals surface area contributed by atoms with Gasteiger partial charge in [-0.05, 0) is 30.3 Å². The third-order valence-corrected chi connectivity index (χ3v) is 2.72. The molecule has 0 saturated heterocycles. The van der Waals surface area contributed by atoms with Crippen molar-refractivity contribution in [1.29, 1.82) is 0 Å². The van der Waals surface area contributed by atoms with Crippen LogP contribution < -0.4 is 5.73 Å². The minimum atomic E-state index is -4.40. The highest BCUT2D eigenvalue weighted by atomic mass is 32.2. The maximum Gasteiger partial charge on any atom is 0.446 e. The van der Waals surface area contributed by atoms with Gasteiger partial charge in [0.15, 0.2) is 0 Å². The summed E-state index contributed by atoms with van der Waals surface area (Å²) in [5, 5.41) is 0. The summed E-state index contributed by atoms with van der Waals surface area (Å²) in [6, 6.07) is 4.40. The minimum Gasteiger partial charge on any atom is -0.398 e. The molecule has 0 radical (unpaired) electrons. The van der Waals surface area contributed by atoms with E-state index in [0.29, 0.717) is 5.56 Å². The number of alkyl halides is 3. The molecule has 0 aliphatic carbocycles. The summed E-state index contributed by atoms with van der Waals surface area (Å²) in [7, 11) is 0. The first kappa shape index (κ1) is 12.9. The van der Waals surface area contributed by atoms with E-state index in [4.69, 9.17) is 5.73 Å². The Morgan fingerprint density at radius 2 is 2.06 bits per heavy atom. The van der Waals surface area contributed by atoms with Crippen LogP contribution in [-0.4, -0.2) is 11.3 Å². The van der Waals surface area contributed by atoms with E-state index < -0.39 is 5.51 Å². The van der Waals surface area contributed by atoms with E-state index in [1.54, 1.807) is 0 Å². The summed E-state index contributed by atoms with van der Waals surface area (Å²) < 4.78 is 36.8. The van der Waals surface area contributed by atoms with Gasteiger partial charge in [0.25, 0.3) is 0 Å². The highest BCUT2D eigenvalue weighted by molar-refractivity contribution is 8.00. The van der Waals surface area contributed by atoms with Crippen LogP contribution in [0, 0.1) is 0 Å². The van der Waals surface area contributed by atoms with Crippen LogP contribution in [0.4, 0.5) is 18.9 Å². The zero-order valence-corrected chi connectivity index (χ0v) is 9.28. The number of nitrogens with two attached hydrogens (primary N) is 1.